The van der Waals surface area contributed by atoms with Crippen molar-refractivity contribution < 1.29 is 0 Å². The van der Waals surface area contributed by atoms with Crippen molar-refractivity contribution in [2.45, 2.75) is 25.4 Å². The van der Waals surface area contributed by atoms with Crippen LogP contribution in [0.25, 0.3) is 11.2 Å². The largest absolute Gasteiger partial charge is 0.307 e. The third-order valence-electron chi connectivity index (χ3n) is 3.09. The van der Waals surface area contributed by atoms with Crippen molar-refractivity contribution in [1.29, 1.82) is 0 Å². The van der Waals surface area contributed by atoms with Crippen LogP contribution < -0.4 is 0 Å². The molecule has 98 valence electrons. The summed E-state index contributed by atoms with van der Waals surface area (Å²) in [5.74, 6) is 1.22. The van der Waals surface area contributed by atoms with E-state index in [2.05, 4.69) is 26.6 Å². The van der Waals surface area contributed by atoms with Gasteiger partial charge in [-0.05, 0) is 25.1 Å². The standard InChI is InChI=1S/C13H14ClN5/c1-10(9-18-7-3-6-16-18)19-12(8-14)17-11-4-2-5-15-13(11)19/h2-7,10H,8-9H2,1H3. The Hall–Kier alpha value is -1.88. The van der Waals surface area contributed by atoms with E-state index in [1.54, 1.807) is 12.4 Å². The van der Waals surface area contributed by atoms with Crippen LogP contribution in [0.1, 0.15) is 18.8 Å². The van der Waals surface area contributed by atoms with Gasteiger partial charge in [-0.1, -0.05) is 0 Å². The van der Waals surface area contributed by atoms with Gasteiger partial charge in [-0.15, -0.1) is 11.6 Å². The Morgan fingerprint density at radius 1 is 1.32 bits per heavy atom. The lowest BCUT2D eigenvalue weighted by atomic mass is 10.3. The molecule has 6 heteroatoms. The van der Waals surface area contributed by atoms with Crippen molar-refractivity contribution in [2.75, 3.05) is 0 Å². The molecule has 0 aliphatic carbocycles. The van der Waals surface area contributed by atoms with Gasteiger partial charge in [0.15, 0.2) is 5.65 Å². The smallest absolute Gasteiger partial charge is 0.160 e. The minimum atomic E-state index is 0.188. The number of aromatic nitrogens is 5. The molecule has 1 unspecified atom stereocenters. The lowest BCUT2D eigenvalue weighted by molar-refractivity contribution is 0.436. The van der Waals surface area contributed by atoms with Crippen molar-refractivity contribution in [3.63, 3.8) is 0 Å². The SMILES string of the molecule is CC(Cn1cccn1)n1c(CCl)nc2cccnc21. The van der Waals surface area contributed by atoms with Crippen LogP contribution in [0.2, 0.25) is 0 Å². The number of rotatable bonds is 4. The topological polar surface area (TPSA) is 48.5 Å². The van der Waals surface area contributed by atoms with Gasteiger partial charge < -0.3 is 4.57 Å². The van der Waals surface area contributed by atoms with E-state index in [-0.39, 0.29) is 6.04 Å². The van der Waals surface area contributed by atoms with Crippen LogP contribution >= 0.6 is 11.6 Å². The molecular formula is C13H14ClN5. The average Bonchev–Trinajstić information content (AvgIpc) is 3.04. The van der Waals surface area contributed by atoms with Crippen LogP contribution in [0, 0.1) is 0 Å². The molecule has 3 aromatic heterocycles. The van der Waals surface area contributed by atoms with E-state index in [1.165, 1.54) is 0 Å². The molecule has 0 bridgehead atoms. The van der Waals surface area contributed by atoms with Crippen molar-refractivity contribution in [3.8, 4) is 0 Å². The fourth-order valence-electron chi connectivity index (χ4n) is 2.29. The first-order valence-electron chi connectivity index (χ1n) is 6.15. The van der Waals surface area contributed by atoms with Crippen molar-refractivity contribution in [1.82, 2.24) is 24.3 Å². The molecule has 3 rings (SSSR count). The molecule has 0 aliphatic rings. The molecule has 19 heavy (non-hydrogen) atoms. The van der Waals surface area contributed by atoms with Gasteiger partial charge >= 0.3 is 0 Å². The Kier molecular flexibility index (Phi) is 3.21. The summed E-state index contributed by atoms with van der Waals surface area (Å²) in [6.45, 7) is 2.88. The zero-order chi connectivity index (χ0) is 13.2. The van der Waals surface area contributed by atoms with E-state index in [1.807, 2.05) is 29.1 Å². The van der Waals surface area contributed by atoms with Crippen molar-refractivity contribution in [2.24, 2.45) is 0 Å². The first-order valence-corrected chi connectivity index (χ1v) is 6.68. The summed E-state index contributed by atoms with van der Waals surface area (Å²) in [5, 5.41) is 4.23. The fraction of sp³-hybridized carbons (Fsp3) is 0.308. The van der Waals surface area contributed by atoms with E-state index in [0.717, 1.165) is 23.5 Å². The van der Waals surface area contributed by atoms with Gasteiger partial charge in [0.05, 0.1) is 18.5 Å². The number of hydrogen-bond donors (Lipinski definition) is 0. The maximum atomic E-state index is 6.00. The highest BCUT2D eigenvalue weighted by molar-refractivity contribution is 6.16. The van der Waals surface area contributed by atoms with Crippen LogP contribution in [0.4, 0.5) is 0 Å². The minimum Gasteiger partial charge on any atom is -0.307 e. The van der Waals surface area contributed by atoms with Gasteiger partial charge in [-0.3, -0.25) is 4.68 Å². The highest BCUT2D eigenvalue weighted by Gasteiger charge is 2.16. The molecular weight excluding hydrogens is 262 g/mol. The van der Waals surface area contributed by atoms with E-state index < -0.39 is 0 Å². The second kappa shape index (κ2) is 5.01. The Balaban J connectivity index is 2.02. The van der Waals surface area contributed by atoms with Gasteiger partial charge in [0.25, 0.3) is 0 Å². The Labute approximate surface area is 115 Å². The molecule has 0 fully saturated rings. The quantitative estimate of drug-likeness (QED) is 0.688. The van der Waals surface area contributed by atoms with Crippen LogP contribution in [0.5, 0.6) is 0 Å². The molecule has 3 aromatic rings. The third kappa shape index (κ3) is 2.21. The Bertz CT molecular complexity index is 673. The average molecular weight is 276 g/mol. The number of hydrogen-bond acceptors (Lipinski definition) is 3. The van der Waals surface area contributed by atoms with Crippen LogP contribution in [0.15, 0.2) is 36.8 Å². The summed E-state index contributed by atoms with van der Waals surface area (Å²) in [7, 11) is 0. The summed E-state index contributed by atoms with van der Waals surface area (Å²) < 4.78 is 3.99. The molecule has 0 spiro atoms. The lowest BCUT2D eigenvalue weighted by Gasteiger charge is -2.16. The maximum absolute atomic E-state index is 6.00. The second-order valence-corrected chi connectivity index (χ2v) is 4.72. The highest BCUT2D eigenvalue weighted by Crippen LogP contribution is 2.21. The Morgan fingerprint density at radius 2 is 2.21 bits per heavy atom. The molecule has 0 N–H and O–H groups in total. The van der Waals surface area contributed by atoms with E-state index in [9.17, 15) is 0 Å². The molecule has 0 amide bonds. The molecule has 0 aromatic carbocycles. The maximum Gasteiger partial charge on any atom is 0.160 e. The third-order valence-corrected chi connectivity index (χ3v) is 3.33. The zero-order valence-corrected chi connectivity index (χ0v) is 11.3. The minimum absolute atomic E-state index is 0.188. The van der Waals surface area contributed by atoms with Gasteiger partial charge in [0.1, 0.15) is 11.3 Å². The van der Waals surface area contributed by atoms with Crippen LogP contribution in [-0.4, -0.2) is 24.3 Å². The summed E-state index contributed by atoms with van der Waals surface area (Å²) in [4.78, 5) is 8.93. The summed E-state index contributed by atoms with van der Waals surface area (Å²) >= 11 is 6.00. The van der Waals surface area contributed by atoms with Crippen LogP contribution in [0.3, 0.4) is 0 Å². The number of nitrogens with zero attached hydrogens (tertiary/aromatic N) is 5. The number of halogens is 1. The van der Waals surface area contributed by atoms with Gasteiger partial charge in [0, 0.05) is 18.6 Å². The van der Waals surface area contributed by atoms with Crippen LogP contribution in [-0.2, 0) is 12.4 Å². The summed E-state index contributed by atoms with van der Waals surface area (Å²) in [6, 6.07) is 5.94. The van der Waals surface area contributed by atoms with Crippen molar-refractivity contribution >= 4 is 22.8 Å². The number of imidazole rings is 1. The number of alkyl halides is 1. The predicted octanol–water partition coefficient (Wildman–Crippen LogP) is 2.63. The zero-order valence-electron chi connectivity index (χ0n) is 10.6. The molecule has 0 saturated carbocycles. The van der Waals surface area contributed by atoms with Crippen molar-refractivity contribution in [3.05, 3.63) is 42.6 Å². The highest BCUT2D eigenvalue weighted by atomic mass is 35.5. The summed E-state index contributed by atoms with van der Waals surface area (Å²) in [5.41, 5.74) is 1.75. The predicted molar refractivity (Wildman–Crippen MR) is 74.0 cm³/mol. The molecule has 5 nitrogen and oxygen atoms in total. The van der Waals surface area contributed by atoms with E-state index >= 15 is 0 Å². The fourth-order valence-corrected chi connectivity index (χ4v) is 2.48. The van der Waals surface area contributed by atoms with Gasteiger partial charge in [-0.25, -0.2) is 9.97 Å². The lowest BCUT2D eigenvalue weighted by Crippen LogP contribution is -2.15. The molecule has 0 saturated heterocycles. The molecule has 0 aliphatic heterocycles. The monoisotopic (exact) mass is 275 g/mol. The number of pyridine rings is 1. The molecule has 3 heterocycles. The number of fused-ring (bicyclic) bond motifs is 1. The first kappa shape index (κ1) is 12.2. The van der Waals surface area contributed by atoms with Gasteiger partial charge in [0.2, 0.25) is 0 Å². The van der Waals surface area contributed by atoms with E-state index in [4.69, 9.17) is 11.6 Å². The second-order valence-electron chi connectivity index (χ2n) is 4.45. The Morgan fingerprint density at radius 3 is 2.95 bits per heavy atom. The van der Waals surface area contributed by atoms with E-state index in [0.29, 0.717) is 5.88 Å². The van der Waals surface area contributed by atoms with Gasteiger partial charge in [-0.2, -0.15) is 5.10 Å². The first-order chi connectivity index (χ1) is 9.29. The normalized spacial score (nSPS) is 12.9. The molecule has 1 atom stereocenters. The summed E-state index contributed by atoms with van der Waals surface area (Å²) in [6.07, 6.45) is 5.50. The molecule has 0 radical (unpaired) electrons.